The molecule has 0 bridgehead atoms. The fraction of sp³-hybridized carbons (Fsp3) is 0.0417. The molecule has 5 aromatic rings. The summed E-state index contributed by atoms with van der Waals surface area (Å²) >= 11 is 0. The summed E-state index contributed by atoms with van der Waals surface area (Å²) in [5.41, 5.74) is 5.85. The molecule has 5 rings (SSSR count). The van der Waals surface area contributed by atoms with Crippen LogP contribution in [0.1, 0.15) is 5.56 Å². The van der Waals surface area contributed by atoms with E-state index >= 15 is 0 Å². The monoisotopic (exact) mass is 392 g/mol. The third-order valence-corrected chi connectivity index (χ3v) is 4.88. The number of fused-ring (bicyclic) bond motifs is 1. The van der Waals surface area contributed by atoms with Crippen LogP contribution in [0.25, 0.3) is 16.7 Å². The zero-order valence-electron chi connectivity index (χ0n) is 16.4. The van der Waals surface area contributed by atoms with E-state index in [1.165, 1.54) is 5.56 Å². The van der Waals surface area contributed by atoms with E-state index in [1.54, 1.807) is 12.5 Å². The molecule has 3 aromatic carbocycles. The average Bonchev–Trinajstić information content (AvgIpc) is 3.22. The Labute approximate surface area is 174 Å². The van der Waals surface area contributed by atoms with Gasteiger partial charge in [0.1, 0.15) is 12.1 Å². The van der Waals surface area contributed by atoms with Crippen molar-refractivity contribution in [1.82, 2.24) is 19.7 Å². The average molecular weight is 392 g/mol. The fourth-order valence-electron chi connectivity index (χ4n) is 3.32. The largest absolute Gasteiger partial charge is 0.354 e. The molecule has 30 heavy (non-hydrogen) atoms. The zero-order chi connectivity index (χ0) is 20.3. The molecule has 0 aliphatic carbocycles. The smallest absolute Gasteiger partial charge is 0.168 e. The van der Waals surface area contributed by atoms with Gasteiger partial charge in [-0.15, -0.1) is 0 Å². The quantitative estimate of drug-likeness (QED) is 0.407. The van der Waals surface area contributed by atoms with Crippen molar-refractivity contribution in [1.29, 1.82) is 0 Å². The number of rotatable bonds is 5. The van der Waals surface area contributed by atoms with Crippen molar-refractivity contribution in [2.75, 3.05) is 10.6 Å². The van der Waals surface area contributed by atoms with Crippen molar-refractivity contribution in [2.24, 2.45) is 0 Å². The molecule has 2 N–H and O–H groups in total. The first-order valence-electron chi connectivity index (χ1n) is 9.72. The molecule has 146 valence electrons. The van der Waals surface area contributed by atoms with Crippen molar-refractivity contribution < 1.29 is 0 Å². The van der Waals surface area contributed by atoms with Gasteiger partial charge in [-0.3, -0.25) is 0 Å². The second-order valence-corrected chi connectivity index (χ2v) is 7.01. The van der Waals surface area contributed by atoms with Crippen molar-refractivity contribution in [3.63, 3.8) is 0 Å². The third kappa shape index (κ3) is 3.46. The van der Waals surface area contributed by atoms with Gasteiger partial charge in [-0.1, -0.05) is 48.0 Å². The highest BCUT2D eigenvalue weighted by atomic mass is 15.3. The molecule has 0 aliphatic heterocycles. The van der Waals surface area contributed by atoms with Crippen molar-refractivity contribution in [2.45, 2.75) is 6.92 Å². The minimum absolute atomic E-state index is 0.709. The lowest BCUT2D eigenvalue weighted by molar-refractivity contribution is 0.895. The fourth-order valence-corrected chi connectivity index (χ4v) is 3.32. The Bertz CT molecular complexity index is 1290. The maximum Gasteiger partial charge on any atom is 0.168 e. The number of aryl methyl sites for hydroxylation is 1. The van der Waals surface area contributed by atoms with Gasteiger partial charge < -0.3 is 10.6 Å². The number of nitrogens with one attached hydrogen (secondary N) is 2. The van der Waals surface area contributed by atoms with Crippen LogP contribution in [0.5, 0.6) is 0 Å². The first-order valence-corrected chi connectivity index (χ1v) is 9.72. The summed E-state index contributed by atoms with van der Waals surface area (Å²) in [5.74, 6) is 0.709. The number of aromatic nitrogens is 4. The molecular formula is C24H20N6. The molecule has 6 nitrogen and oxygen atoms in total. The summed E-state index contributed by atoms with van der Waals surface area (Å²) in [6, 6.07) is 26.3. The van der Waals surface area contributed by atoms with Gasteiger partial charge in [0.05, 0.1) is 28.6 Å². The van der Waals surface area contributed by atoms with Crippen molar-refractivity contribution >= 4 is 33.9 Å². The molecule has 0 saturated heterocycles. The minimum atomic E-state index is 0.709. The van der Waals surface area contributed by atoms with Crippen LogP contribution in [0.3, 0.4) is 0 Å². The Morgan fingerprint density at radius 1 is 0.733 bits per heavy atom. The minimum Gasteiger partial charge on any atom is -0.354 e. The lowest BCUT2D eigenvalue weighted by Crippen LogP contribution is -2.01. The number of benzene rings is 3. The SMILES string of the molecule is Cc1ccc(Nc2ccccc2Nc2ncnc3c2cnn3-c2ccccc2)cc1. The molecule has 0 saturated carbocycles. The number of anilines is 4. The van der Waals surface area contributed by atoms with Gasteiger partial charge in [-0.2, -0.15) is 5.10 Å². The van der Waals surface area contributed by atoms with E-state index in [2.05, 4.69) is 56.9 Å². The van der Waals surface area contributed by atoms with Crippen LogP contribution >= 0.6 is 0 Å². The van der Waals surface area contributed by atoms with E-state index in [4.69, 9.17) is 0 Å². The van der Waals surface area contributed by atoms with Crippen LogP contribution in [0.2, 0.25) is 0 Å². The van der Waals surface area contributed by atoms with Crippen LogP contribution in [-0.4, -0.2) is 19.7 Å². The van der Waals surface area contributed by atoms with Gasteiger partial charge in [0, 0.05) is 5.69 Å². The molecule has 0 spiro atoms. The summed E-state index contributed by atoms with van der Waals surface area (Å²) in [5, 5.41) is 12.3. The first kappa shape index (κ1) is 17.9. The maximum absolute atomic E-state index is 4.52. The van der Waals surface area contributed by atoms with Crippen LogP contribution in [0.4, 0.5) is 22.9 Å². The van der Waals surface area contributed by atoms with E-state index in [9.17, 15) is 0 Å². The van der Waals surface area contributed by atoms with Crippen LogP contribution in [0.15, 0.2) is 91.4 Å². The van der Waals surface area contributed by atoms with E-state index in [1.807, 2.05) is 59.3 Å². The van der Waals surface area contributed by atoms with Gasteiger partial charge >= 0.3 is 0 Å². The normalized spacial score (nSPS) is 10.8. The standard InChI is InChI=1S/C24H20N6/c1-17-11-13-18(14-12-17)28-21-9-5-6-10-22(21)29-23-20-15-27-30(24(20)26-16-25-23)19-7-3-2-4-8-19/h2-16,28H,1H3,(H,25,26,29). The summed E-state index contributed by atoms with van der Waals surface area (Å²) in [4.78, 5) is 8.92. The summed E-state index contributed by atoms with van der Waals surface area (Å²) in [6.45, 7) is 2.08. The van der Waals surface area contributed by atoms with Gasteiger partial charge in [0.25, 0.3) is 0 Å². The van der Waals surface area contributed by atoms with Gasteiger partial charge in [-0.25, -0.2) is 14.6 Å². The Morgan fingerprint density at radius 2 is 1.43 bits per heavy atom. The topological polar surface area (TPSA) is 67.7 Å². The molecule has 2 aromatic heterocycles. The highest BCUT2D eigenvalue weighted by Crippen LogP contribution is 2.30. The Kier molecular flexibility index (Phi) is 4.57. The van der Waals surface area contributed by atoms with E-state index in [0.717, 1.165) is 33.8 Å². The predicted octanol–water partition coefficient (Wildman–Crippen LogP) is 5.61. The Morgan fingerprint density at radius 3 is 2.20 bits per heavy atom. The van der Waals surface area contributed by atoms with E-state index in [-0.39, 0.29) is 0 Å². The first-order chi connectivity index (χ1) is 14.8. The molecular weight excluding hydrogens is 372 g/mol. The maximum atomic E-state index is 4.52. The molecule has 0 aliphatic rings. The lowest BCUT2D eigenvalue weighted by Gasteiger charge is -2.14. The summed E-state index contributed by atoms with van der Waals surface area (Å²) in [7, 11) is 0. The molecule has 2 heterocycles. The molecule has 0 radical (unpaired) electrons. The summed E-state index contributed by atoms with van der Waals surface area (Å²) < 4.78 is 1.82. The molecule has 0 atom stereocenters. The highest BCUT2D eigenvalue weighted by Gasteiger charge is 2.12. The lowest BCUT2D eigenvalue weighted by atomic mass is 10.2. The highest BCUT2D eigenvalue weighted by molar-refractivity contribution is 5.91. The van der Waals surface area contributed by atoms with E-state index < -0.39 is 0 Å². The molecule has 0 fully saturated rings. The van der Waals surface area contributed by atoms with E-state index in [0.29, 0.717) is 5.82 Å². The van der Waals surface area contributed by atoms with Crippen LogP contribution in [-0.2, 0) is 0 Å². The van der Waals surface area contributed by atoms with Crippen molar-refractivity contribution in [3.05, 3.63) is 97.0 Å². The molecule has 6 heteroatoms. The van der Waals surface area contributed by atoms with Gasteiger partial charge in [-0.05, 0) is 43.3 Å². The second kappa shape index (κ2) is 7.67. The number of para-hydroxylation sites is 3. The summed E-state index contributed by atoms with van der Waals surface area (Å²) in [6.07, 6.45) is 3.35. The van der Waals surface area contributed by atoms with Gasteiger partial charge in [0.2, 0.25) is 0 Å². The number of nitrogens with zero attached hydrogens (tertiary/aromatic N) is 4. The number of hydrogen-bond donors (Lipinski definition) is 2. The second-order valence-electron chi connectivity index (χ2n) is 7.01. The van der Waals surface area contributed by atoms with Crippen LogP contribution < -0.4 is 10.6 Å². The molecule has 0 unspecified atom stereocenters. The molecule has 0 amide bonds. The predicted molar refractivity (Wildman–Crippen MR) is 121 cm³/mol. The third-order valence-electron chi connectivity index (χ3n) is 4.88. The Balaban J connectivity index is 1.49. The Hall–Kier alpha value is -4.19. The van der Waals surface area contributed by atoms with Gasteiger partial charge in [0.15, 0.2) is 5.65 Å². The van der Waals surface area contributed by atoms with Crippen LogP contribution in [0, 0.1) is 6.92 Å². The van der Waals surface area contributed by atoms with Crippen molar-refractivity contribution in [3.8, 4) is 5.69 Å². The number of hydrogen-bond acceptors (Lipinski definition) is 5. The zero-order valence-corrected chi connectivity index (χ0v) is 16.4.